The SMILES string of the molecule is Clc1nc(NCCOc2ccccc2)c2ncn(-c3ccsc3)c2n1. The van der Waals surface area contributed by atoms with Crippen LogP contribution in [0, 0.1) is 0 Å². The number of thiophene rings is 1. The number of anilines is 1. The topological polar surface area (TPSA) is 64.9 Å². The monoisotopic (exact) mass is 371 g/mol. The summed E-state index contributed by atoms with van der Waals surface area (Å²) in [6.45, 7) is 1.07. The van der Waals surface area contributed by atoms with Crippen molar-refractivity contribution in [3.63, 3.8) is 0 Å². The molecule has 0 aliphatic heterocycles. The summed E-state index contributed by atoms with van der Waals surface area (Å²) < 4.78 is 7.56. The summed E-state index contributed by atoms with van der Waals surface area (Å²) in [5, 5.41) is 7.43. The number of aromatic nitrogens is 4. The highest BCUT2D eigenvalue weighted by molar-refractivity contribution is 7.08. The predicted octanol–water partition coefficient (Wildman–Crippen LogP) is 4.02. The Bertz CT molecular complexity index is 972. The first-order chi connectivity index (χ1) is 12.3. The Morgan fingerprint density at radius 2 is 2.04 bits per heavy atom. The summed E-state index contributed by atoms with van der Waals surface area (Å²) in [4.78, 5) is 13.0. The van der Waals surface area contributed by atoms with E-state index in [1.807, 2.05) is 51.7 Å². The van der Waals surface area contributed by atoms with Crippen LogP contribution in [0.15, 0.2) is 53.5 Å². The molecule has 0 saturated carbocycles. The minimum atomic E-state index is 0.177. The third-order valence-corrected chi connectivity index (χ3v) is 4.40. The number of halogens is 1. The Balaban J connectivity index is 1.52. The molecule has 0 unspecified atom stereocenters. The molecule has 0 bridgehead atoms. The Hall–Kier alpha value is -2.64. The minimum Gasteiger partial charge on any atom is -0.492 e. The van der Waals surface area contributed by atoms with Gasteiger partial charge in [0.15, 0.2) is 17.0 Å². The zero-order valence-corrected chi connectivity index (χ0v) is 14.7. The number of ether oxygens (including phenoxy) is 1. The second-order valence-corrected chi connectivity index (χ2v) is 6.32. The van der Waals surface area contributed by atoms with E-state index in [0.717, 1.165) is 11.4 Å². The van der Waals surface area contributed by atoms with Gasteiger partial charge in [-0.05, 0) is 35.2 Å². The summed E-state index contributed by atoms with van der Waals surface area (Å²) in [5.41, 5.74) is 2.35. The number of rotatable bonds is 6. The summed E-state index contributed by atoms with van der Waals surface area (Å²) in [5.74, 6) is 1.43. The van der Waals surface area contributed by atoms with Gasteiger partial charge in [-0.3, -0.25) is 4.57 Å². The molecule has 0 spiro atoms. The molecule has 0 radical (unpaired) electrons. The number of para-hydroxylation sites is 1. The molecule has 0 aliphatic carbocycles. The molecule has 8 heteroatoms. The van der Waals surface area contributed by atoms with Crippen molar-refractivity contribution in [3.05, 3.63) is 58.8 Å². The summed E-state index contributed by atoms with van der Waals surface area (Å²) in [6, 6.07) is 11.7. The van der Waals surface area contributed by atoms with Gasteiger partial charge in [-0.25, -0.2) is 4.98 Å². The fraction of sp³-hybridized carbons (Fsp3) is 0.118. The normalized spacial score (nSPS) is 10.9. The van der Waals surface area contributed by atoms with Gasteiger partial charge in [0.1, 0.15) is 18.7 Å². The highest BCUT2D eigenvalue weighted by Gasteiger charge is 2.13. The van der Waals surface area contributed by atoms with Crippen LogP contribution in [0.3, 0.4) is 0 Å². The predicted molar refractivity (Wildman–Crippen MR) is 100.0 cm³/mol. The van der Waals surface area contributed by atoms with Gasteiger partial charge < -0.3 is 10.1 Å². The molecule has 0 atom stereocenters. The van der Waals surface area contributed by atoms with E-state index in [1.165, 1.54) is 0 Å². The van der Waals surface area contributed by atoms with Gasteiger partial charge in [0.05, 0.1) is 12.2 Å². The molecule has 1 N–H and O–H groups in total. The van der Waals surface area contributed by atoms with Gasteiger partial charge in [-0.1, -0.05) is 18.2 Å². The number of hydrogen-bond acceptors (Lipinski definition) is 6. The molecule has 1 aromatic carbocycles. The Morgan fingerprint density at radius 3 is 2.84 bits per heavy atom. The molecule has 0 fully saturated rings. The third kappa shape index (κ3) is 3.42. The molecule has 0 saturated heterocycles. The van der Waals surface area contributed by atoms with E-state index in [0.29, 0.717) is 30.1 Å². The molecule has 6 nitrogen and oxygen atoms in total. The summed E-state index contributed by atoms with van der Waals surface area (Å²) in [6.07, 6.45) is 1.73. The second kappa shape index (κ2) is 7.08. The molecule has 0 aliphatic rings. The number of nitrogens with zero attached hydrogens (tertiary/aromatic N) is 4. The molecule has 126 valence electrons. The molecule has 4 aromatic rings. The first-order valence-electron chi connectivity index (χ1n) is 7.66. The van der Waals surface area contributed by atoms with Gasteiger partial charge in [0.2, 0.25) is 5.28 Å². The first kappa shape index (κ1) is 15.9. The lowest BCUT2D eigenvalue weighted by Gasteiger charge is -2.09. The maximum atomic E-state index is 6.09. The number of fused-ring (bicyclic) bond motifs is 1. The van der Waals surface area contributed by atoms with E-state index < -0.39 is 0 Å². The lowest BCUT2D eigenvalue weighted by molar-refractivity contribution is 0.333. The standard InChI is InChI=1S/C17H14ClN5OS/c18-17-21-15(19-7-8-24-13-4-2-1-3-5-13)14-16(22-17)23(11-20-14)12-6-9-25-10-12/h1-6,9-11H,7-8H2,(H,19,21,22). The summed E-state index contributed by atoms with van der Waals surface area (Å²) in [7, 11) is 0. The molecule has 3 aromatic heterocycles. The number of benzene rings is 1. The van der Waals surface area contributed by atoms with E-state index in [4.69, 9.17) is 16.3 Å². The first-order valence-corrected chi connectivity index (χ1v) is 8.98. The maximum Gasteiger partial charge on any atom is 0.226 e. The van der Waals surface area contributed by atoms with Gasteiger partial charge in [-0.15, -0.1) is 0 Å². The Morgan fingerprint density at radius 1 is 1.16 bits per heavy atom. The van der Waals surface area contributed by atoms with Crippen LogP contribution < -0.4 is 10.1 Å². The van der Waals surface area contributed by atoms with Gasteiger partial charge in [0.25, 0.3) is 0 Å². The van der Waals surface area contributed by atoms with Crippen LogP contribution in [-0.4, -0.2) is 32.7 Å². The number of imidazole rings is 1. The number of nitrogens with one attached hydrogen (secondary N) is 1. The molecular weight excluding hydrogens is 358 g/mol. The van der Waals surface area contributed by atoms with Crippen molar-refractivity contribution < 1.29 is 4.74 Å². The van der Waals surface area contributed by atoms with Crippen LogP contribution in [0.5, 0.6) is 5.75 Å². The molecule has 4 rings (SSSR count). The summed E-state index contributed by atoms with van der Waals surface area (Å²) >= 11 is 7.70. The molecule has 3 heterocycles. The van der Waals surface area contributed by atoms with Crippen molar-refractivity contribution in [2.24, 2.45) is 0 Å². The molecule has 0 amide bonds. The van der Waals surface area contributed by atoms with E-state index in [9.17, 15) is 0 Å². The van der Waals surface area contributed by atoms with Crippen molar-refractivity contribution in [1.29, 1.82) is 0 Å². The highest BCUT2D eigenvalue weighted by Crippen LogP contribution is 2.24. The fourth-order valence-corrected chi connectivity index (χ4v) is 3.23. The quantitative estimate of drug-likeness (QED) is 0.409. The van der Waals surface area contributed by atoms with Crippen LogP contribution in [0.25, 0.3) is 16.9 Å². The van der Waals surface area contributed by atoms with Crippen LogP contribution in [-0.2, 0) is 0 Å². The molecule has 25 heavy (non-hydrogen) atoms. The molecular formula is C17H14ClN5OS. The van der Waals surface area contributed by atoms with Crippen molar-refractivity contribution >= 4 is 39.9 Å². The third-order valence-electron chi connectivity index (χ3n) is 3.56. The van der Waals surface area contributed by atoms with E-state index in [1.54, 1.807) is 17.7 Å². The smallest absolute Gasteiger partial charge is 0.226 e. The van der Waals surface area contributed by atoms with Gasteiger partial charge in [0, 0.05) is 5.38 Å². The average molecular weight is 372 g/mol. The second-order valence-electron chi connectivity index (χ2n) is 5.20. The lowest BCUT2D eigenvalue weighted by Crippen LogP contribution is -2.13. The Labute approximate surface area is 153 Å². The van der Waals surface area contributed by atoms with Crippen molar-refractivity contribution in [2.75, 3.05) is 18.5 Å². The highest BCUT2D eigenvalue weighted by atomic mass is 35.5. The van der Waals surface area contributed by atoms with E-state index >= 15 is 0 Å². The van der Waals surface area contributed by atoms with E-state index in [2.05, 4.69) is 20.3 Å². The van der Waals surface area contributed by atoms with Crippen LogP contribution >= 0.6 is 22.9 Å². The van der Waals surface area contributed by atoms with Crippen LogP contribution in [0.1, 0.15) is 0 Å². The maximum absolute atomic E-state index is 6.09. The van der Waals surface area contributed by atoms with Crippen LogP contribution in [0.2, 0.25) is 5.28 Å². The minimum absolute atomic E-state index is 0.177. The zero-order valence-electron chi connectivity index (χ0n) is 13.1. The average Bonchev–Trinajstić information content (AvgIpc) is 3.28. The van der Waals surface area contributed by atoms with Crippen LogP contribution in [0.4, 0.5) is 5.82 Å². The van der Waals surface area contributed by atoms with Gasteiger partial charge in [-0.2, -0.15) is 21.3 Å². The van der Waals surface area contributed by atoms with E-state index in [-0.39, 0.29) is 5.28 Å². The number of hydrogen-bond donors (Lipinski definition) is 1. The van der Waals surface area contributed by atoms with Crippen molar-refractivity contribution in [3.8, 4) is 11.4 Å². The Kier molecular flexibility index (Phi) is 4.49. The largest absolute Gasteiger partial charge is 0.492 e. The zero-order chi connectivity index (χ0) is 17.1. The lowest BCUT2D eigenvalue weighted by atomic mass is 10.3. The van der Waals surface area contributed by atoms with Gasteiger partial charge >= 0.3 is 0 Å². The van der Waals surface area contributed by atoms with Crippen molar-refractivity contribution in [1.82, 2.24) is 19.5 Å². The fourth-order valence-electron chi connectivity index (χ4n) is 2.44. The van der Waals surface area contributed by atoms with Crippen molar-refractivity contribution in [2.45, 2.75) is 0 Å².